The molecule has 0 atom stereocenters. The summed E-state index contributed by atoms with van der Waals surface area (Å²) in [7, 11) is 0. The number of thiophene rings is 1. The Balaban J connectivity index is 1.76. The largest absolute Gasteiger partial charge is 0.507 e. The van der Waals surface area contributed by atoms with Crippen LogP contribution in [-0.2, 0) is 19.3 Å². The third-order valence-corrected chi connectivity index (χ3v) is 6.49. The van der Waals surface area contributed by atoms with E-state index in [1.54, 1.807) is 37.3 Å². The summed E-state index contributed by atoms with van der Waals surface area (Å²) in [6, 6.07) is 23.1. The molecule has 0 aliphatic carbocycles. The van der Waals surface area contributed by atoms with Crippen LogP contribution in [0, 0.1) is 0 Å². The molecule has 9 heteroatoms. The number of oxime groups is 2. The van der Waals surface area contributed by atoms with E-state index in [-0.39, 0.29) is 5.75 Å². The average Bonchev–Trinajstić information content (AvgIpc) is 3.29. The molecule has 1 N–H and O–H groups in total. The third-order valence-electron chi connectivity index (χ3n) is 5.41. The number of carbonyl (C=O) groups is 2. The van der Waals surface area contributed by atoms with E-state index < -0.39 is 11.9 Å². The topological polar surface area (TPSA) is 101 Å². The molecule has 8 nitrogen and oxygen atoms in total. The van der Waals surface area contributed by atoms with E-state index in [9.17, 15) is 14.7 Å². The van der Waals surface area contributed by atoms with Crippen molar-refractivity contribution in [2.75, 3.05) is 4.90 Å². The summed E-state index contributed by atoms with van der Waals surface area (Å²) in [6.07, 6.45) is 0. The van der Waals surface area contributed by atoms with Crippen molar-refractivity contribution in [3.05, 3.63) is 83.9 Å². The molecule has 4 aromatic rings. The number of hydrogen-bond donors (Lipinski definition) is 1. The molecule has 0 aliphatic rings. The van der Waals surface area contributed by atoms with Gasteiger partial charge in [0.15, 0.2) is 0 Å². The summed E-state index contributed by atoms with van der Waals surface area (Å²) in [5.41, 5.74) is 3.94. The van der Waals surface area contributed by atoms with Gasteiger partial charge in [-0.05, 0) is 55.6 Å². The van der Waals surface area contributed by atoms with E-state index in [0.717, 1.165) is 32.0 Å². The van der Waals surface area contributed by atoms with E-state index in [4.69, 9.17) is 9.68 Å². The van der Waals surface area contributed by atoms with Gasteiger partial charge in [-0.15, -0.1) is 11.3 Å². The van der Waals surface area contributed by atoms with Gasteiger partial charge in [0.25, 0.3) is 0 Å². The Morgan fingerprint density at radius 1 is 0.784 bits per heavy atom. The fourth-order valence-electron chi connectivity index (χ4n) is 3.67. The van der Waals surface area contributed by atoms with Crippen LogP contribution >= 0.6 is 11.3 Å². The summed E-state index contributed by atoms with van der Waals surface area (Å²) in [5, 5.41) is 20.4. The Morgan fingerprint density at radius 2 is 1.46 bits per heavy atom. The second-order valence-corrected chi connectivity index (χ2v) is 9.29. The molecule has 0 unspecified atom stereocenters. The number of benzene rings is 3. The Kier molecular flexibility index (Phi) is 7.64. The fraction of sp³-hybridized carbons (Fsp3) is 0.143. The van der Waals surface area contributed by atoms with Crippen LogP contribution in [0.3, 0.4) is 0 Å². The van der Waals surface area contributed by atoms with Crippen LogP contribution < -0.4 is 4.90 Å². The first-order valence-electron chi connectivity index (χ1n) is 11.4. The van der Waals surface area contributed by atoms with Crippen molar-refractivity contribution in [1.29, 1.82) is 0 Å². The predicted molar refractivity (Wildman–Crippen MR) is 146 cm³/mol. The SMILES string of the molecule is CC(=O)O/N=C(/C)c1ccc(N(c2ccccc2)c2cc3ccc(/C(C)=N/OC(C)=O)cc3s2)cc1O. The van der Waals surface area contributed by atoms with Crippen molar-refractivity contribution in [3.63, 3.8) is 0 Å². The maximum Gasteiger partial charge on any atom is 0.331 e. The highest BCUT2D eigenvalue weighted by atomic mass is 32.1. The Hall–Kier alpha value is -4.50. The average molecular weight is 516 g/mol. The number of phenolic OH excluding ortho intramolecular Hbond substituents is 1. The number of phenols is 1. The number of carbonyl (C=O) groups excluding carboxylic acids is 2. The van der Waals surface area contributed by atoms with Crippen molar-refractivity contribution >= 4 is 61.2 Å². The number of fused-ring (bicyclic) bond motifs is 1. The van der Waals surface area contributed by atoms with Crippen molar-refractivity contribution in [3.8, 4) is 5.75 Å². The van der Waals surface area contributed by atoms with Crippen LogP contribution in [0.5, 0.6) is 5.75 Å². The molecule has 0 aliphatic heterocycles. The minimum absolute atomic E-state index is 0.00698. The smallest absolute Gasteiger partial charge is 0.331 e. The van der Waals surface area contributed by atoms with Gasteiger partial charge in [0, 0.05) is 41.4 Å². The number of para-hydroxylation sites is 1. The van der Waals surface area contributed by atoms with Crippen molar-refractivity contribution in [1.82, 2.24) is 0 Å². The van der Waals surface area contributed by atoms with Crippen LogP contribution in [-0.4, -0.2) is 28.5 Å². The van der Waals surface area contributed by atoms with Gasteiger partial charge in [0.1, 0.15) is 10.8 Å². The molecule has 4 rings (SSSR count). The van der Waals surface area contributed by atoms with E-state index in [0.29, 0.717) is 17.0 Å². The predicted octanol–water partition coefficient (Wildman–Crippen LogP) is 6.65. The molecule has 0 spiro atoms. The van der Waals surface area contributed by atoms with Gasteiger partial charge in [-0.2, -0.15) is 0 Å². The lowest BCUT2D eigenvalue weighted by Crippen LogP contribution is -2.09. The number of rotatable bonds is 7. The van der Waals surface area contributed by atoms with Crippen molar-refractivity contribution in [2.45, 2.75) is 27.7 Å². The van der Waals surface area contributed by atoms with Crippen LogP contribution in [0.4, 0.5) is 16.4 Å². The molecule has 0 fully saturated rings. The lowest BCUT2D eigenvalue weighted by molar-refractivity contribution is -0.141. The van der Waals surface area contributed by atoms with Crippen LogP contribution in [0.25, 0.3) is 10.1 Å². The first-order valence-corrected chi connectivity index (χ1v) is 12.2. The van der Waals surface area contributed by atoms with E-state index >= 15 is 0 Å². The second-order valence-electron chi connectivity index (χ2n) is 8.23. The number of nitrogens with zero attached hydrogens (tertiary/aromatic N) is 3. The number of aromatic hydroxyl groups is 1. The molecule has 0 saturated heterocycles. The van der Waals surface area contributed by atoms with Gasteiger partial charge in [0.05, 0.1) is 17.1 Å². The highest BCUT2D eigenvalue weighted by molar-refractivity contribution is 7.23. The molecule has 0 bridgehead atoms. The van der Waals surface area contributed by atoms with Crippen molar-refractivity contribution in [2.24, 2.45) is 10.3 Å². The van der Waals surface area contributed by atoms with Gasteiger partial charge >= 0.3 is 11.9 Å². The lowest BCUT2D eigenvalue weighted by atomic mass is 10.1. The van der Waals surface area contributed by atoms with Crippen molar-refractivity contribution < 1.29 is 24.4 Å². The molecule has 37 heavy (non-hydrogen) atoms. The van der Waals surface area contributed by atoms with E-state index in [1.165, 1.54) is 13.8 Å². The molecule has 188 valence electrons. The first-order chi connectivity index (χ1) is 17.7. The number of hydrogen-bond acceptors (Lipinski definition) is 9. The number of anilines is 3. The maximum absolute atomic E-state index is 11.1. The zero-order valence-corrected chi connectivity index (χ0v) is 21.6. The third kappa shape index (κ3) is 6.02. The van der Waals surface area contributed by atoms with Crippen LogP contribution in [0.1, 0.15) is 38.8 Å². The second kappa shape index (κ2) is 11.0. The first kappa shape index (κ1) is 25.6. The summed E-state index contributed by atoms with van der Waals surface area (Å²) in [5.74, 6) is -1.00. The Labute approximate surface area is 218 Å². The fourth-order valence-corrected chi connectivity index (χ4v) is 4.81. The minimum atomic E-state index is -0.536. The molecule has 1 heterocycles. The van der Waals surface area contributed by atoms with Crippen LogP contribution in [0.2, 0.25) is 0 Å². The standard InChI is InChI=1S/C28H25N3O5S/c1-17(29-35-19(3)32)21-10-11-22-15-28(37-27(22)14-21)31(23-8-6-5-7-9-23)24-12-13-25(26(34)16-24)18(2)30-36-20(4)33/h5-16,34H,1-4H3/b29-17+,30-18-. The molecular weight excluding hydrogens is 490 g/mol. The summed E-state index contributed by atoms with van der Waals surface area (Å²) in [6.45, 7) is 6.01. The molecule has 1 aromatic heterocycles. The van der Waals surface area contributed by atoms with Gasteiger partial charge in [-0.25, -0.2) is 9.59 Å². The molecule has 0 saturated carbocycles. The lowest BCUT2D eigenvalue weighted by Gasteiger charge is -2.24. The van der Waals surface area contributed by atoms with Crippen LogP contribution in [0.15, 0.2) is 83.1 Å². The quantitative estimate of drug-likeness (QED) is 0.168. The zero-order chi connectivity index (χ0) is 26.5. The highest BCUT2D eigenvalue weighted by Crippen LogP contribution is 2.42. The highest BCUT2D eigenvalue weighted by Gasteiger charge is 2.18. The summed E-state index contributed by atoms with van der Waals surface area (Å²) >= 11 is 1.58. The van der Waals surface area contributed by atoms with Gasteiger partial charge < -0.3 is 19.7 Å². The Morgan fingerprint density at radius 3 is 2.11 bits per heavy atom. The van der Waals surface area contributed by atoms with E-state index in [1.807, 2.05) is 59.5 Å². The Bertz CT molecular complexity index is 1530. The van der Waals surface area contributed by atoms with Gasteiger partial charge in [-0.3, -0.25) is 0 Å². The molecular formula is C28H25N3O5S. The van der Waals surface area contributed by atoms with Gasteiger partial charge in [0.2, 0.25) is 0 Å². The minimum Gasteiger partial charge on any atom is -0.507 e. The maximum atomic E-state index is 11.1. The molecule has 0 radical (unpaired) electrons. The molecule has 3 aromatic carbocycles. The summed E-state index contributed by atoms with van der Waals surface area (Å²) in [4.78, 5) is 33.7. The monoisotopic (exact) mass is 515 g/mol. The van der Waals surface area contributed by atoms with E-state index in [2.05, 4.69) is 16.4 Å². The normalized spacial score (nSPS) is 11.9. The zero-order valence-electron chi connectivity index (χ0n) is 20.8. The molecule has 0 amide bonds. The summed E-state index contributed by atoms with van der Waals surface area (Å²) < 4.78 is 1.02. The van der Waals surface area contributed by atoms with Gasteiger partial charge in [-0.1, -0.05) is 40.6 Å².